The van der Waals surface area contributed by atoms with E-state index >= 15 is 0 Å². The van der Waals surface area contributed by atoms with Crippen LogP contribution in [0.5, 0.6) is 0 Å². The second kappa shape index (κ2) is 6.92. The highest BCUT2D eigenvalue weighted by molar-refractivity contribution is 5.84. The molecule has 0 atom stereocenters. The van der Waals surface area contributed by atoms with Crippen LogP contribution in [0.3, 0.4) is 0 Å². The van der Waals surface area contributed by atoms with Crippen LogP contribution in [-0.4, -0.2) is 13.1 Å². The van der Waals surface area contributed by atoms with Gasteiger partial charge in [0.2, 0.25) is 0 Å². The van der Waals surface area contributed by atoms with E-state index in [4.69, 9.17) is 4.42 Å². The maximum atomic E-state index is 13.7. The molecule has 0 unspecified atom stereocenters. The summed E-state index contributed by atoms with van der Waals surface area (Å²) in [5.74, 6) is 0.498. The van der Waals surface area contributed by atoms with E-state index in [0.717, 1.165) is 43.3 Å². The average Bonchev–Trinajstić information content (AvgIpc) is 2.82. The zero-order chi connectivity index (χ0) is 13.5. The van der Waals surface area contributed by atoms with Crippen molar-refractivity contribution < 1.29 is 18.3 Å². The average molecular weight is 264 g/mol. The summed E-state index contributed by atoms with van der Waals surface area (Å²) in [6, 6.07) is 4.99. The molecule has 0 aliphatic carbocycles. The molecule has 0 aliphatic heterocycles. The first-order valence-electron chi connectivity index (χ1n) is 6.53. The van der Waals surface area contributed by atoms with E-state index in [1.54, 1.807) is 12.3 Å². The molecular formula is C15H17FO3. The van der Waals surface area contributed by atoms with Gasteiger partial charge in [-0.05, 0) is 18.9 Å². The minimum absolute atomic E-state index is 0.222. The minimum Gasteiger partial charge on any atom is -0.468 e. The van der Waals surface area contributed by atoms with Crippen molar-refractivity contribution in [1.82, 2.24) is 0 Å². The van der Waals surface area contributed by atoms with E-state index in [2.05, 4.69) is 4.74 Å². The highest BCUT2D eigenvalue weighted by Crippen LogP contribution is 2.25. The molecule has 2 rings (SSSR count). The monoisotopic (exact) mass is 264 g/mol. The lowest BCUT2D eigenvalue weighted by Gasteiger charge is -2.01. The SMILES string of the molecule is O=COCCCCCCc1occ2cccc(F)c12. The van der Waals surface area contributed by atoms with Gasteiger partial charge in [0.1, 0.15) is 11.6 Å². The topological polar surface area (TPSA) is 39.4 Å². The van der Waals surface area contributed by atoms with Crippen molar-refractivity contribution in [3.05, 3.63) is 36.0 Å². The molecule has 0 radical (unpaired) electrons. The van der Waals surface area contributed by atoms with Crippen LogP contribution in [0.2, 0.25) is 0 Å². The molecule has 0 bridgehead atoms. The van der Waals surface area contributed by atoms with Crippen LogP contribution in [0.1, 0.15) is 31.4 Å². The summed E-state index contributed by atoms with van der Waals surface area (Å²) in [5.41, 5.74) is 0. The van der Waals surface area contributed by atoms with Crippen LogP contribution in [0.15, 0.2) is 28.9 Å². The summed E-state index contributed by atoms with van der Waals surface area (Å²) in [7, 11) is 0. The number of carbonyl (C=O) groups is 1. The molecule has 0 amide bonds. The third kappa shape index (κ3) is 3.56. The molecule has 4 heteroatoms. The van der Waals surface area contributed by atoms with Crippen LogP contribution >= 0.6 is 0 Å². The highest BCUT2D eigenvalue weighted by atomic mass is 19.1. The molecule has 1 aromatic carbocycles. The lowest BCUT2D eigenvalue weighted by molar-refractivity contribution is -0.128. The van der Waals surface area contributed by atoms with E-state index < -0.39 is 0 Å². The first kappa shape index (κ1) is 13.6. The fourth-order valence-electron chi connectivity index (χ4n) is 2.18. The number of ether oxygens (including phenoxy) is 1. The van der Waals surface area contributed by atoms with Gasteiger partial charge in [0, 0.05) is 11.8 Å². The molecule has 0 N–H and O–H groups in total. The van der Waals surface area contributed by atoms with Crippen molar-refractivity contribution in [1.29, 1.82) is 0 Å². The number of hydrogen-bond donors (Lipinski definition) is 0. The predicted octanol–water partition coefficient (Wildman–Crippen LogP) is 3.85. The molecule has 0 fully saturated rings. The smallest absolute Gasteiger partial charge is 0.293 e. The van der Waals surface area contributed by atoms with Gasteiger partial charge in [-0.15, -0.1) is 0 Å². The fourth-order valence-corrected chi connectivity index (χ4v) is 2.18. The van der Waals surface area contributed by atoms with E-state index in [1.165, 1.54) is 6.07 Å². The lowest BCUT2D eigenvalue weighted by Crippen LogP contribution is -1.92. The van der Waals surface area contributed by atoms with Gasteiger partial charge in [-0.3, -0.25) is 4.79 Å². The molecule has 1 aromatic heterocycles. The number of fused-ring (bicyclic) bond motifs is 1. The Labute approximate surface area is 111 Å². The lowest BCUT2D eigenvalue weighted by atomic mass is 10.1. The predicted molar refractivity (Wildman–Crippen MR) is 70.4 cm³/mol. The molecule has 0 saturated heterocycles. The first-order valence-corrected chi connectivity index (χ1v) is 6.53. The summed E-state index contributed by atoms with van der Waals surface area (Å²) in [5, 5.41) is 1.42. The van der Waals surface area contributed by atoms with E-state index in [9.17, 15) is 9.18 Å². The van der Waals surface area contributed by atoms with E-state index in [1.807, 2.05) is 6.07 Å². The summed E-state index contributed by atoms with van der Waals surface area (Å²) < 4.78 is 23.7. The van der Waals surface area contributed by atoms with Crippen LogP contribution in [0.4, 0.5) is 4.39 Å². The third-order valence-electron chi connectivity index (χ3n) is 3.14. The van der Waals surface area contributed by atoms with E-state index in [0.29, 0.717) is 18.5 Å². The van der Waals surface area contributed by atoms with Gasteiger partial charge in [0.05, 0.1) is 18.3 Å². The second-order valence-corrected chi connectivity index (χ2v) is 4.49. The van der Waals surface area contributed by atoms with Gasteiger partial charge < -0.3 is 9.15 Å². The fraction of sp³-hybridized carbons (Fsp3) is 0.400. The van der Waals surface area contributed by atoms with Gasteiger partial charge in [-0.1, -0.05) is 25.0 Å². The van der Waals surface area contributed by atoms with Crippen LogP contribution in [-0.2, 0) is 16.0 Å². The maximum Gasteiger partial charge on any atom is 0.293 e. The van der Waals surface area contributed by atoms with Crippen LogP contribution < -0.4 is 0 Å². The Bertz CT molecular complexity index is 533. The van der Waals surface area contributed by atoms with Gasteiger partial charge in [-0.25, -0.2) is 4.39 Å². The normalized spacial score (nSPS) is 10.8. The number of furan rings is 1. The number of carbonyl (C=O) groups excluding carboxylic acids is 1. The number of benzene rings is 1. The Morgan fingerprint density at radius 3 is 2.89 bits per heavy atom. The Hall–Kier alpha value is -1.84. The van der Waals surface area contributed by atoms with E-state index in [-0.39, 0.29) is 5.82 Å². The maximum absolute atomic E-state index is 13.7. The molecule has 0 saturated carbocycles. The summed E-state index contributed by atoms with van der Waals surface area (Å²) in [6.07, 6.45) is 6.16. The van der Waals surface area contributed by atoms with Crippen molar-refractivity contribution in [3.63, 3.8) is 0 Å². The summed E-state index contributed by atoms with van der Waals surface area (Å²) in [6.45, 7) is 0.944. The summed E-state index contributed by atoms with van der Waals surface area (Å²) >= 11 is 0. The molecule has 102 valence electrons. The molecule has 19 heavy (non-hydrogen) atoms. The number of halogens is 1. The quantitative estimate of drug-likeness (QED) is 0.537. The second-order valence-electron chi connectivity index (χ2n) is 4.49. The molecule has 1 heterocycles. The van der Waals surface area contributed by atoms with Gasteiger partial charge in [-0.2, -0.15) is 0 Å². The van der Waals surface area contributed by atoms with Gasteiger partial charge >= 0.3 is 0 Å². The zero-order valence-electron chi connectivity index (χ0n) is 10.7. The molecule has 3 nitrogen and oxygen atoms in total. The van der Waals surface area contributed by atoms with Crippen molar-refractivity contribution in [2.45, 2.75) is 32.1 Å². The minimum atomic E-state index is -0.222. The number of unbranched alkanes of at least 4 members (excludes halogenated alkanes) is 3. The number of aryl methyl sites for hydroxylation is 1. The zero-order valence-corrected chi connectivity index (χ0v) is 10.7. The van der Waals surface area contributed by atoms with Crippen molar-refractivity contribution in [3.8, 4) is 0 Å². The van der Waals surface area contributed by atoms with Gasteiger partial charge in [0.15, 0.2) is 0 Å². The van der Waals surface area contributed by atoms with Crippen molar-refractivity contribution >= 4 is 17.2 Å². The molecule has 0 spiro atoms. The Balaban J connectivity index is 1.80. The number of hydrogen-bond acceptors (Lipinski definition) is 3. The number of rotatable bonds is 8. The van der Waals surface area contributed by atoms with Crippen LogP contribution in [0.25, 0.3) is 10.8 Å². The molecule has 0 aliphatic rings. The van der Waals surface area contributed by atoms with Gasteiger partial charge in [0.25, 0.3) is 6.47 Å². The standard InChI is InChI=1S/C15H17FO3/c16-13-7-5-6-12-10-19-14(15(12)13)8-3-1-2-4-9-18-11-17/h5-7,10-11H,1-4,8-9H2. The Morgan fingerprint density at radius 2 is 2.05 bits per heavy atom. The first-order chi connectivity index (χ1) is 9.33. The van der Waals surface area contributed by atoms with Crippen LogP contribution in [0, 0.1) is 5.82 Å². The van der Waals surface area contributed by atoms with Crippen molar-refractivity contribution in [2.75, 3.05) is 6.61 Å². The molecule has 2 aromatic rings. The summed E-state index contributed by atoms with van der Waals surface area (Å²) in [4.78, 5) is 9.94. The molecular weight excluding hydrogens is 247 g/mol. The third-order valence-corrected chi connectivity index (χ3v) is 3.14. The largest absolute Gasteiger partial charge is 0.468 e. The van der Waals surface area contributed by atoms with Crippen molar-refractivity contribution in [2.24, 2.45) is 0 Å². The highest BCUT2D eigenvalue weighted by Gasteiger charge is 2.10. The Kier molecular flexibility index (Phi) is 4.95. The Morgan fingerprint density at radius 1 is 1.21 bits per heavy atom.